The van der Waals surface area contributed by atoms with Crippen LogP contribution in [0, 0.1) is 0 Å². The first-order valence-electron chi connectivity index (χ1n) is 8.59. The standard InChI is InChI=1S/C17H27N3O3S.ClH/c1-3-10-18-14(2)17(21)19-15-8-7-9-16(13-15)24(22,23)20-11-5-4-6-12-20;/h7-9,13-14,18H,3-6,10-12H2,1-2H3,(H,19,21);1H. The quantitative estimate of drug-likeness (QED) is 0.751. The monoisotopic (exact) mass is 389 g/mol. The van der Waals surface area contributed by atoms with Crippen molar-refractivity contribution >= 4 is 34.0 Å². The highest BCUT2D eigenvalue weighted by Gasteiger charge is 2.26. The number of rotatable bonds is 7. The number of sulfonamides is 1. The van der Waals surface area contributed by atoms with E-state index in [-0.39, 0.29) is 29.3 Å². The average Bonchev–Trinajstić information content (AvgIpc) is 2.60. The van der Waals surface area contributed by atoms with Crippen molar-refractivity contribution in [3.8, 4) is 0 Å². The molecule has 0 spiro atoms. The maximum Gasteiger partial charge on any atom is 0.243 e. The molecule has 0 bridgehead atoms. The summed E-state index contributed by atoms with van der Waals surface area (Å²) in [4.78, 5) is 12.4. The van der Waals surface area contributed by atoms with E-state index in [0.29, 0.717) is 18.8 Å². The first-order chi connectivity index (χ1) is 11.4. The Morgan fingerprint density at radius 2 is 1.92 bits per heavy atom. The van der Waals surface area contributed by atoms with Crippen molar-refractivity contribution in [3.05, 3.63) is 24.3 Å². The Morgan fingerprint density at radius 3 is 2.56 bits per heavy atom. The minimum absolute atomic E-state index is 0. The van der Waals surface area contributed by atoms with E-state index in [1.807, 2.05) is 6.92 Å². The van der Waals surface area contributed by atoms with Crippen LogP contribution in [0.25, 0.3) is 0 Å². The molecule has 8 heteroatoms. The van der Waals surface area contributed by atoms with Crippen LogP contribution < -0.4 is 10.6 Å². The Balaban J connectivity index is 0.00000312. The molecule has 1 aromatic rings. The van der Waals surface area contributed by atoms with Crippen LogP contribution in [0.5, 0.6) is 0 Å². The van der Waals surface area contributed by atoms with E-state index in [4.69, 9.17) is 0 Å². The largest absolute Gasteiger partial charge is 0.325 e. The summed E-state index contributed by atoms with van der Waals surface area (Å²) in [6, 6.07) is 6.16. The molecule has 1 aliphatic heterocycles. The van der Waals surface area contributed by atoms with E-state index in [0.717, 1.165) is 32.2 Å². The molecule has 142 valence electrons. The van der Waals surface area contributed by atoms with Crippen molar-refractivity contribution < 1.29 is 13.2 Å². The van der Waals surface area contributed by atoms with E-state index in [9.17, 15) is 13.2 Å². The van der Waals surface area contributed by atoms with E-state index < -0.39 is 10.0 Å². The molecule has 2 rings (SSSR count). The molecule has 1 saturated heterocycles. The van der Waals surface area contributed by atoms with E-state index >= 15 is 0 Å². The van der Waals surface area contributed by atoms with Crippen molar-refractivity contribution in [1.29, 1.82) is 0 Å². The molecule has 0 aliphatic carbocycles. The predicted octanol–water partition coefficient (Wildman–Crippen LogP) is 2.61. The summed E-state index contributed by atoms with van der Waals surface area (Å²) in [6.45, 7) is 5.72. The number of carbonyl (C=O) groups is 1. The van der Waals surface area contributed by atoms with Gasteiger partial charge >= 0.3 is 0 Å². The highest BCUT2D eigenvalue weighted by atomic mass is 35.5. The zero-order valence-electron chi connectivity index (χ0n) is 14.8. The molecule has 2 N–H and O–H groups in total. The van der Waals surface area contributed by atoms with Gasteiger partial charge in [-0.3, -0.25) is 4.79 Å². The molecule has 1 unspecified atom stereocenters. The van der Waals surface area contributed by atoms with E-state index in [2.05, 4.69) is 10.6 Å². The van der Waals surface area contributed by atoms with Crippen LogP contribution in [0.1, 0.15) is 39.5 Å². The molecule has 1 aliphatic rings. The first kappa shape index (κ1) is 21.9. The van der Waals surface area contributed by atoms with Gasteiger partial charge in [0.1, 0.15) is 0 Å². The fraction of sp³-hybridized carbons (Fsp3) is 0.588. The van der Waals surface area contributed by atoms with Crippen molar-refractivity contribution in [2.45, 2.75) is 50.5 Å². The van der Waals surface area contributed by atoms with Gasteiger partial charge in [-0.05, 0) is 50.9 Å². The summed E-state index contributed by atoms with van der Waals surface area (Å²) < 4.78 is 26.9. The van der Waals surface area contributed by atoms with Crippen molar-refractivity contribution in [3.63, 3.8) is 0 Å². The summed E-state index contributed by atoms with van der Waals surface area (Å²) in [5.41, 5.74) is 0.503. The summed E-state index contributed by atoms with van der Waals surface area (Å²) in [5.74, 6) is -0.170. The molecule has 25 heavy (non-hydrogen) atoms. The third-order valence-corrected chi connectivity index (χ3v) is 6.04. The smallest absolute Gasteiger partial charge is 0.243 e. The van der Waals surface area contributed by atoms with Crippen LogP contribution in [0.15, 0.2) is 29.2 Å². The Hall–Kier alpha value is -1.15. The third-order valence-electron chi connectivity index (χ3n) is 4.15. The van der Waals surface area contributed by atoms with Gasteiger partial charge in [-0.1, -0.05) is 19.4 Å². The fourth-order valence-corrected chi connectivity index (χ4v) is 4.26. The highest BCUT2D eigenvalue weighted by molar-refractivity contribution is 7.89. The Labute approximate surface area is 156 Å². The van der Waals surface area contributed by atoms with E-state index in [1.54, 1.807) is 25.1 Å². The number of carbonyl (C=O) groups excluding carboxylic acids is 1. The van der Waals surface area contributed by atoms with Crippen molar-refractivity contribution in [2.75, 3.05) is 25.0 Å². The lowest BCUT2D eigenvalue weighted by atomic mass is 10.2. The minimum Gasteiger partial charge on any atom is -0.325 e. The number of anilines is 1. The van der Waals surface area contributed by atoms with Gasteiger partial charge in [0.25, 0.3) is 0 Å². The number of amides is 1. The highest BCUT2D eigenvalue weighted by Crippen LogP contribution is 2.22. The predicted molar refractivity (Wildman–Crippen MR) is 103 cm³/mol. The maximum atomic E-state index is 12.7. The molecule has 1 aromatic carbocycles. The zero-order valence-corrected chi connectivity index (χ0v) is 16.5. The summed E-state index contributed by atoms with van der Waals surface area (Å²) in [6.07, 6.45) is 3.82. The number of hydrogen-bond donors (Lipinski definition) is 2. The number of hydrogen-bond acceptors (Lipinski definition) is 4. The second-order valence-electron chi connectivity index (χ2n) is 6.16. The first-order valence-corrected chi connectivity index (χ1v) is 10.0. The van der Waals surface area contributed by atoms with E-state index in [1.165, 1.54) is 10.4 Å². The number of nitrogens with one attached hydrogen (secondary N) is 2. The van der Waals surface area contributed by atoms with Gasteiger partial charge in [0.2, 0.25) is 15.9 Å². The lowest BCUT2D eigenvalue weighted by Crippen LogP contribution is -2.38. The molecular formula is C17H28ClN3O3S. The number of benzene rings is 1. The SMILES string of the molecule is CCCNC(C)C(=O)Nc1cccc(S(=O)(=O)N2CCCCC2)c1.Cl. The lowest BCUT2D eigenvalue weighted by molar-refractivity contribution is -0.117. The zero-order chi connectivity index (χ0) is 17.6. The third kappa shape index (κ3) is 5.95. The number of piperidine rings is 1. The van der Waals surface area contributed by atoms with Crippen LogP contribution in [0.4, 0.5) is 5.69 Å². The minimum atomic E-state index is -3.49. The summed E-state index contributed by atoms with van der Waals surface area (Å²) in [5, 5.41) is 5.89. The van der Waals surface area contributed by atoms with Gasteiger partial charge in [0, 0.05) is 18.8 Å². The fourth-order valence-electron chi connectivity index (χ4n) is 2.69. The molecule has 0 aromatic heterocycles. The van der Waals surface area contributed by atoms with Gasteiger partial charge in [-0.25, -0.2) is 8.42 Å². The normalized spacial score (nSPS) is 16.7. The second-order valence-corrected chi connectivity index (χ2v) is 8.10. The van der Waals surface area contributed by atoms with Gasteiger partial charge in [0.15, 0.2) is 0 Å². The molecule has 1 amide bonds. The van der Waals surface area contributed by atoms with Gasteiger partial charge in [-0.2, -0.15) is 4.31 Å². The topological polar surface area (TPSA) is 78.5 Å². The van der Waals surface area contributed by atoms with Crippen LogP contribution in [-0.2, 0) is 14.8 Å². The summed E-state index contributed by atoms with van der Waals surface area (Å²) >= 11 is 0. The molecule has 1 atom stereocenters. The van der Waals surface area contributed by atoms with Gasteiger partial charge < -0.3 is 10.6 Å². The molecule has 6 nitrogen and oxygen atoms in total. The molecule has 1 fully saturated rings. The van der Waals surface area contributed by atoms with Crippen LogP contribution in [0.2, 0.25) is 0 Å². The maximum absolute atomic E-state index is 12.7. The van der Waals surface area contributed by atoms with Crippen molar-refractivity contribution in [2.24, 2.45) is 0 Å². The van der Waals surface area contributed by atoms with Gasteiger partial charge in [0.05, 0.1) is 10.9 Å². The molecule has 0 saturated carbocycles. The Kier molecular flexibility index (Phi) is 8.85. The van der Waals surface area contributed by atoms with Crippen LogP contribution >= 0.6 is 12.4 Å². The molecule has 0 radical (unpaired) electrons. The van der Waals surface area contributed by atoms with Crippen LogP contribution in [0.3, 0.4) is 0 Å². The number of nitrogens with zero attached hydrogens (tertiary/aromatic N) is 1. The lowest BCUT2D eigenvalue weighted by Gasteiger charge is -2.26. The summed E-state index contributed by atoms with van der Waals surface area (Å²) in [7, 11) is -3.49. The molecule has 1 heterocycles. The number of halogens is 1. The van der Waals surface area contributed by atoms with Gasteiger partial charge in [-0.15, -0.1) is 12.4 Å². The van der Waals surface area contributed by atoms with Crippen molar-refractivity contribution in [1.82, 2.24) is 9.62 Å². The molecular weight excluding hydrogens is 362 g/mol. The average molecular weight is 390 g/mol. The Morgan fingerprint density at radius 1 is 1.24 bits per heavy atom. The van der Waals surface area contributed by atoms with Crippen LogP contribution in [-0.4, -0.2) is 44.3 Å². The second kappa shape index (κ2) is 10.1. The Bertz CT molecular complexity index is 661.